The number of carbonyl (C=O) groups excluding carboxylic acids is 1. The van der Waals surface area contributed by atoms with Crippen molar-refractivity contribution in [2.75, 3.05) is 13.1 Å². The van der Waals surface area contributed by atoms with Crippen LogP contribution >= 0.6 is 11.3 Å². The van der Waals surface area contributed by atoms with E-state index in [1.165, 1.54) is 11.3 Å². The maximum Gasteiger partial charge on any atom is 0.253 e. The molecule has 8 heteroatoms. The molecule has 4 rings (SSSR count). The molecule has 1 aliphatic rings. The Morgan fingerprint density at radius 2 is 2.36 bits per heavy atom. The molecule has 1 unspecified atom stereocenters. The number of hydrogen-bond donors (Lipinski definition) is 4. The highest BCUT2D eigenvalue weighted by Crippen LogP contribution is 2.26. The number of aromatic amines is 1. The summed E-state index contributed by atoms with van der Waals surface area (Å²) in [4.78, 5) is 25.2. The van der Waals surface area contributed by atoms with Crippen LogP contribution in [0.5, 0.6) is 0 Å². The molecule has 25 heavy (non-hydrogen) atoms. The lowest BCUT2D eigenvalue weighted by Gasteiger charge is -2.23. The predicted octanol–water partition coefficient (Wildman–Crippen LogP) is 1.58. The number of aliphatic hydroxyl groups is 1. The first kappa shape index (κ1) is 16.2. The van der Waals surface area contributed by atoms with Crippen LogP contribution in [0.15, 0.2) is 29.8 Å². The topological polar surface area (TPSA) is 103 Å². The fourth-order valence-corrected chi connectivity index (χ4v) is 3.77. The summed E-state index contributed by atoms with van der Waals surface area (Å²) in [5.74, 6) is 0.231. The van der Waals surface area contributed by atoms with Crippen molar-refractivity contribution in [3.63, 3.8) is 0 Å². The molecule has 4 N–H and O–H groups in total. The molecule has 0 saturated carbocycles. The van der Waals surface area contributed by atoms with Gasteiger partial charge in [-0.1, -0.05) is 6.07 Å². The van der Waals surface area contributed by atoms with Crippen molar-refractivity contribution >= 4 is 28.4 Å². The van der Waals surface area contributed by atoms with Gasteiger partial charge in [0.2, 0.25) is 0 Å². The Morgan fingerprint density at radius 3 is 3.12 bits per heavy atom. The van der Waals surface area contributed by atoms with Crippen molar-refractivity contribution in [3.8, 4) is 0 Å². The van der Waals surface area contributed by atoms with E-state index in [4.69, 9.17) is 0 Å². The van der Waals surface area contributed by atoms with Gasteiger partial charge in [0.1, 0.15) is 17.4 Å². The average molecular weight is 357 g/mol. The number of amides is 1. The molecular weight excluding hydrogens is 338 g/mol. The van der Waals surface area contributed by atoms with Crippen LogP contribution in [0.1, 0.15) is 40.0 Å². The summed E-state index contributed by atoms with van der Waals surface area (Å²) in [6, 6.07) is 5.51. The molecule has 130 valence electrons. The van der Waals surface area contributed by atoms with Crippen LogP contribution in [-0.2, 0) is 0 Å². The SMILES string of the molecule is O=C(NC1CCCNC1)c1ccnc2[nH]c([C@H](O)c3cccs3)nc12. The molecule has 4 heterocycles. The largest absolute Gasteiger partial charge is 0.380 e. The average Bonchev–Trinajstić information content (AvgIpc) is 3.31. The maximum absolute atomic E-state index is 12.7. The van der Waals surface area contributed by atoms with Crippen molar-refractivity contribution < 1.29 is 9.90 Å². The number of fused-ring (bicyclic) bond motifs is 1. The number of piperidine rings is 1. The predicted molar refractivity (Wildman–Crippen MR) is 95.6 cm³/mol. The van der Waals surface area contributed by atoms with E-state index >= 15 is 0 Å². The van der Waals surface area contributed by atoms with Gasteiger partial charge in [-0.15, -0.1) is 11.3 Å². The Balaban J connectivity index is 1.62. The maximum atomic E-state index is 12.7. The Bertz CT molecular complexity index is 870. The van der Waals surface area contributed by atoms with Gasteiger partial charge in [0.25, 0.3) is 5.91 Å². The number of imidazole rings is 1. The third-order valence-electron chi connectivity index (χ3n) is 4.35. The smallest absolute Gasteiger partial charge is 0.253 e. The summed E-state index contributed by atoms with van der Waals surface area (Å²) in [6.07, 6.45) is 2.75. The van der Waals surface area contributed by atoms with Gasteiger partial charge in [0.15, 0.2) is 5.65 Å². The molecule has 0 radical (unpaired) electrons. The van der Waals surface area contributed by atoms with Crippen molar-refractivity contribution in [3.05, 3.63) is 46.0 Å². The van der Waals surface area contributed by atoms with E-state index in [-0.39, 0.29) is 11.9 Å². The number of pyridine rings is 1. The molecule has 2 atom stereocenters. The van der Waals surface area contributed by atoms with Gasteiger partial charge >= 0.3 is 0 Å². The number of carbonyl (C=O) groups is 1. The third kappa shape index (κ3) is 3.28. The lowest BCUT2D eigenvalue weighted by Crippen LogP contribution is -2.45. The Kier molecular flexibility index (Phi) is 4.48. The van der Waals surface area contributed by atoms with Crippen LogP contribution in [-0.4, -0.2) is 45.1 Å². The number of nitrogens with one attached hydrogen (secondary N) is 3. The van der Waals surface area contributed by atoms with E-state index in [1.54, 1.807) is 12.3 Å². The van der Waals surface area contributed by atoms with E-state index in [2.05, 4.69) is 25.6 Å². The monoisotopic (exact) mass is 357 g/mol. The number of hydrogen-bond acceptors (Lipinski definition) is 6. The van der Waals surface area contributed by atoms with Gasteiger partial charge in [0.05, 0.1) is 5.56 Å². The van der Waals surface area contributed by atoms with Crippen LogP contribution in [0.25, 0.3) is 11.2 Å². The van der Waals surface area contributed by atoms with E-state index in [0.717, 1.165) is 30.8 Å². The summed E-state index contributed by atoms with van der Waals surface area (Å²) in [5.41, 5.74) is 1.45. The third-order valence-corrected chi connectivity index (χ3v) is 5.28. The zero-order chi connectivity index (χ0) is 17.2. The standard InChI is InChI=1S/C17H19N5O2S/c23-14(12-4-2-8-25-12)16-21-13-11(5-7-19-15(13)22-16)17(24)20-10-3-1-6-18-9-10/h2,4-5,7-8,10,14,18,23H,1,3,6,9H2,(H,20,24)(H,19,21,22)/t10?,14-/m1/s1. The molecule has 0 spiro atoms. The minimum atomic E-state index is -0.854. The number of rotatable bonds is 4. The van der Waals surface area contributed by atoms with Gasteiger partial charge in [0, 0.05) is 23.7 Å². The van der Waals surface area contributed by atoms with Crippen molar-refractivity contribution in [2.45, 2.75) is 25.0 Å². The van der Waals surface area contributed by atoms with Crippen LogP contribution in [0.4, 0.5) is 0 Å². The van der Waals surface area contributed by atoms with Crippen molar-refractivity contribution in [1.29, 1.82) is 0 Å². The van der Waals surface area contributed by atoms with Gasteiger partial charge in [-0.3, -0.25) is 4.79 Å². The number of thiophene rings is 1. The molecule has 1 aliphatic heterocycles. The summed E-state index contributed by atoms with van der Waals surface area (Å²) in [6.45, 7) is 1.78. The number of nitrogens with zero attached hydrogens (tertiary/aromatic N) is 2. The summed E-state index contributed by atoms with van der Waals surface area (Å²) < 4.78 is 0. The molecule has 0 aliphatic carbocycles. The van der Waals surface area contributed by atoms with E-state index in [0.29, 0.717) is 22.6 Å². The van der Waals surface area contributed by atoms with Crippen LogP contribution in [0.2, 0.25) is 0 Å². The molecule has 1 saturated heterocycles. The first-order chi connectivity index (χ1) is 12.2. The van der Waals surface area contributed by atoms with Crippen molar-refractivity contribution in [1.82, 2.24) is 25.6 Å². The van der Waals surface area contributed by atoms with Gasteiger partial charge in [-0.05, 0) is 36.9 Å². The molecule has 1 amide bonds. The second-order valence-corrected chi connectivity index (χ2v) is 7.09. The zero-order valence-electron chi connectivity index (χ0n) is 13.5. The Morgan fingerprint density at radius 1 is 1.44 bits per heavy atom. The number of H-pyrrole nitrogens is 1. The highest BCUT2D eigenvalue weighted by molar-refractivity contribution is 7.10. The Hall–Kier alpha value is -2.29. The lowest BCUT2D eigenvalue weighted by molar-refractivity contribution is 0.0932. The summed E-state index contributed by atoms with van der Waals surface area (Å²) >= 11 is 1.45. The fourth-order valence-electron chi connectivity index (χ4n) is 3.06. The van der Waals surface area contributed by atoms with Gasteiger partial charge in [-0.25, -0.2) is 9.97 Å². The second kappa shape index (κ2) is 6.91. The number of aromatic nitrogens is 3. The van der Waals surface area contributed by atoms with Gasteiger partial charge in [-0.2, -0.15) is 0 Å². The molecule has 3 aromatic rings. The van der Waals surface area contributed by atoms with Gasteiger partial charge < -0.3 is 20.7 Å². The minimum absolute atomic E-state index is 0.125. The highest BCUT2D eigenvalue weighted by Gasteiger charge is 2.22. The van der Waals surface area contributed by atoms with Crippen molar-refractivity contribution in [2.24, 2.45) is 0 Å². The lowest BCUT2D eigenvalue weighted by atomic mass is 10.1. The fraction of sp³-hybridized carbons (Fsp3) is 0.353. The van der Waals surface area contributed by atoms with E-state index in [9.17, 15) is 9.90 Å². The second-order valence-electron chi connectivity index (χ2n) is 6.11. The summed E-state index contributed by atoms with van der Waals surface area (Å²) in [7, 11) is 0. The Labute approximate surface area is 148 Å². The highest BCUT2D eigenvalue weighted by atomic mass is 32.1. The molecule has 1 fully saturated rings. The van der Waals surface area contributed by atoms with E-state index < -0.39 is 6.10 Å². The minimum Gasteiger partial charge on any atom is -0.380 e. The van der Waals surface area contributed by atoms with E-state index in [1.807, 2.05) is 17.5 Å². The normalized spacial score (nSPS) is 19.0. The number of aliphatic hydroxyl groups excluding tert-OH is 1. The molecular formula is C17H19N5O2S. The molecule has 3 aromatic heterocycles. The summed E-state index contributed by atoms with van der Waals surface area (Å²) in [5, 5.41) is 18.7. The van der Waals surface area contributed by atoms with Crippen LogP contribution in [0.3, 0.4) is 0 Å². The van der Waals surface area contributed by atoms with Crippen LogP contribution < -0.4 is 10.6 Å². The molecule has 7 nitrogen and oxygen atoms in total. The quantitative estimate of drug-likeness (QED) is 0.568. The molecule has 0 bridgehead atoms. The first-order valence-electron chi connectivity index (χ1n) is 8.30. The first-order valence-corrected chi connectivity index (χ1v) is 9.18. The van der Waals surface area contributed by atoms with Crippen LogP contribution in [0, 0.1) is 0 Å². The zero-order valence-corrected chi connectivity index (χ0v) is 14.3. The molecule has 0 aromatic carbocycles.